The van der Waals surface area contributed by atoms with Crippen molar-refractivity contribution in [1.29, 1.82) is 0 Å². The molecule has 0 fully saturated rings. The highest BCUT2D eigenvalue weighted by molar-refractivity contribution is 5.89. The minimum Gasteiger partial charge on any atom is -0.368 e. The average molecular weight is 355 g/mol. The molecule has 3 N–H and O–H groups in total. The van der Waals surface area contributed by atoms with E-state index in [0.29, 0.717) is 24.7 Å². The second-order valence-corrected chi connectivity index (χ2v) is 5.45. The number of rotatable bonds is 6. The molecule has 0 aliphatic rings. The normalized spacial score (nSPS) is 10.4. The molecule has 134 valence electrons. The van der Waals surface area contributed by atoms with Gasteiger partial charge in [0.15, 0.2) is 5.82 Å². The number of aryl methyl sites for hydroxylation is 1. The van der Waals surface area contributed by atoms with Crippen molar-refractivity contribution in [3.05, 3.63) is 60.4 Å². The van der Waals surface area contributed by atoms with E-state index in [1.165, 1.54) is 18.5 Å². The van der Waals surface area contributed by atoms with Crippen LogP contribution in [0.15, 0.2) is 48.9 Å². The zero-order chi connectivity index (χ0) is 18.4. The molecule has 0 aliphatic heterocycles. The minimum absolute atomic E-state index is 0.132. The molecule has 0 spiro atoms. The van der Waals surface area contributed by atoms with E-state index in [1.54, 1.807) is 22.9 Å². The maximum absolute atomic E-state index is 13.5. The number of nitrogens with zero attached hydrogens (tertiary/aromatic N) is 4. The van der Waals surface area contributed by atoms with Crippen LogP contribution in [0.4, 0.5) is 20.7 Å². The first-order valence-corrected chi connectivity index (χ1v) is 8.00. The van der Waals surface area contributed by atoms with Crippen molar-refractivity contribution in [3.63, 3.8) is 0 Å². The number of hydrogen-bond donors (Lipinski definition) is 3. The Balaban J connectivity index is 1.46. The molecule has 0 unspecified atom stereocenters. The fraction of sp³-hybridized carbons (Fsp3) is 0.176. The van der Waals surface area contributed by atoms with Crippen LogP contribution in [0.5, 0.6) is 0 Å². The number of para-hydroxylation sites is 1. The number of benzene rings is 1. The standard InChI is InChI=1S/C17H18FN7O/c1-12-6-9-25(24-12)16-10-15(21-11-22-16)19-7-8-20-17(26)23-14-5-3-2-4-13(14)18/h2-6,9-11H,7-8H2,1H3,(H,19,21,22)(H2,20,23,26). The molecule has 0 bridgehead atoms. The molecule has 8 nitrogen and oxygen atoms in total. The van der Waals surface area contributed by atoms with E-state index in [9.17, 15) is 9.18 Å². The highest BCUT2D eigenvalue weighted by Crippen LogP contribution is 2.12. The first-order chi connectivity index (χ1) is 12.6. The van der Waals surface area contributed by atoms with Crippen molar-refractivity contribution in [2.45, 2.75) is 6.92 Å². The van der Waals surface area contributed by atoms with Gasteiger partial charge in [-0.3, -0.25) is 0 Å². The summed E-state index contributed by atoms with van der Waals surface area (Å²) in [5, 5.41) is 12.5. The van der Waals surface area contributed by atoms with Gasteiger partial charge in [-0.25, -0.2) is 23.8 Å². The molecule has 0 atom stereocenters. The molecule has 9 heteroatoms. The fourth-order valence-electron chi connectivity index (χ4n) is 2.21. The summed E-state index contributed by atoms with van der Waals surface area (Å²) < 4.78 is 15.1. The minimum atomic E-state index is -0.483. The summed E-state index contributed by atoms with van der Waals surface area (Å²) in [6.45, 7) is 2.68. The molecule has 3 aromatic rings. The number of anilines is 2. The summed E-state index contributed by atoms with van der Waals surface area (Å²) in [6, 6.07) is 9.14. The van der Waals surface area contributed by atoms with Gasteiger partial charge in [-0.05, 0) is 25.1 Å². The van der Waals surface area contributed by atoms with Gasteiger partial charge in [0, 0.05) is 25.4 Å². The summed E-state index contributed by atoms with van der Waals surface area (Å²) in [5.74, 6) is 0.767. The molecular formula is C17H18FN7O. The molecule has 2 amide bonds. The molecule has 0 radical (unpaired) electrons. The first kappa shape index (κ1) is 17.3. The second kappa shape index (κ2) is 8.06. The quantitative estimate of drug-likeness (QED) is 0.590. The molecule has 0 saturated heterocycles. The van der Waals surface area contributed by atoms with E-state index in [1.807, 2.05) is 19.2 Å². The number of amides is 2. The third-order valence-corrected chi connectivity index (χ3v) is 3.45. The third kappa shape index (κ3) is 4.53. The molecule has 0 saturated carbocycles. The Kier molecular flexibility index (Phi) is 5.37. The van der Waals surface area contributed by atoms with Gasteiger partial charge in [0.25, 0.3) is 0 Å². The Hall–Kier alpha value is -3.49. The number of halogens is 1. The van der Waals surface area contributed by atoms with Crippen molar-refractivity contribution in [1.82, 2.24) is 25.1 Å². The lowest BCUT2D eigenvalue weighted by Crippen LogP contribution is -2.33. The smallest absolute Gasteiger partial charge is 0.319 e. The van der Waals surface area contributed by atoms with E-state index in [0.717, 1.165) is 5.69 Å². The van der Waals surface area contributed by atoms with Crippen molar-refractivity contribution in [3.8, 4) is 5.82 Å². The number of nitrogens with one attached hydrogen (secondary N) is 3. The van der Waals surface area contributed by atoms with Crippen molar-refractivity contribution in [2.75, 3.05) is 23.7 Å². The van der Waals surface area contributed by atoms with Crippen LogP contribution in [-0.4, -0.2) is 38.9 Å². The number of carbonyl (C=O) groups excluding carboxylic acids is 1. The van der Waals surface area contributed by atoms with Crippen LogP contribution in [-0.2, 0) is 0 Å². The lowest BCUT2D eigenvalue weighted by Gasteiger charge is -2.10. The predicted molar refractivity (Wildman–Crippen MR) is 95.8 cm³/mol. The van der Waals surface area contributed by atoms with E-state index < -0.39 is 11.8 Å². The Morgan fingerprint density at radius 2 is 2.04 bits per heavy atom. The SMILES string of the molecule is Cc1ccn(-c2cc(NCCNC(=O)Nc3ccccc3F)ncn2)n1. The van der Waals surface area contributed by atoms with Gasteiger partial charge < -0.3 is 16.0 Å². The Bertz CT molecular complexity index is 896. The predicted octanol–water partition coefficient (Wildman–Crippen LogP) is 2.34. The van der Waals surface area contributed by atoms with Gasteiger partial charge in [-0.15, -0.1) is 0 Å². The highest BCUT2D eigenvalue weighted by atomic mass is 19.1. The molecular weight excluding hydrogens is 337 g/mol. The zero-order valence-corrected chi connectivity index (χ0v) is 14.1. The Labute approximate surface area is 149 Å². The van der Waals surface area contributed by atoms with Crippen molar-refractivity contribution in [2.24, 2.45) is 0 Å². The van der Waals surface area contributed by atoms with E-state index in [4.69, 9.17) is 0 Å². The van der Waals surface area contributed by atoms with Crippen LogP contribution in [0.3, 0.4) is 0 Å². The summed E-state index contributed by atoms with van der Waals surface area (Å²) in [4.78, 5) is 20.1. The monoisotopic (exact) mass is 355 g/mol. The zero-order valence-electron chi connectivity index (χ0n) is 14.1. The maximum atomic E-state index is 13.5. The van der Waals surface area contributed by atoms with Crippen molar-refractivity contribution >= 4 is 17.5 Å². The van der Waals surface area contributed by atoms with Gasteiger partial charge in [0.05, 0.1) is 11.4 Å². The molecule has 3 rings (SSSR count). The summed E-state index contributed by atoms with van der Waals surface area (Å²) >= 11 is 0. The Morgan fingerprint density at radius 3 is 2.81 bits per heavy atom. The van der Waals surface area contributed by atoms with E-state index in [-0.39, 0.29) is 5.69 Å². The average Bonchev–Trinajstić information content (AvgIpc) is 3.08. The van der Waals surface area contributed by atoms with Gasteiger partial charge >= 0.3 is 6.03 Å². The van der Waals surface area contributed by atoms with Crippen LogP contribution >= 0.6 is 0 Å². The molecule has 26 heavy (non-hydrogen) atoms. The molecule has 0 aliphatic carbocycles. The van der Waals surface area contributed by atoms with Crippen LogP contribution < -0.4 is 16.0 Å². The van der Waals surface area contributed by atoms with Crippen LogP contribution in [0, 0.1) is 12.7 Å². The van der Waals surface area contributed by atoms with Gasteiger partial charge in [-0.2, -0.15) is 5.10 Å². The summed E-state index contributed by atoms with van der Waals surface area (Å²) in [5.41, 5.74) is 1.02. The lowest BCUT2D eigenvalue weighted by molar-refractivity contribution is 0.252. The fourth-order valence-corrected chi connectivity index (χ4v) is 2.21. The number of urea groups is 1. The number of aromatic nitrogens is 4. The van der Waals surface area contributed by atoms with Gasteiger partial charge in [-0.1, -0.05) is 12.1 Å². The Morgan fingerprint density at radius 1 is 1.19 bits per heavy atom. The number of carbonyl (C=O) groups is 1. The van der Waals surface area contributed by atoms with E-state index >= 15 is 0 Å². The molecule has 1 aromatic carbocycles. The lowest BCUT2D eigenvalue weighted by atomic mass is 10.3. The third-order valence-electron chi connectivity index (χ3n) is 3.45. The molecule has 2 heterocycles. The van der Waals surface area contributed by atoms with Gasteiger partial charge in [0.1, 0.15) is 18.0 Å². The first-order valence-electron chi connectivity index (χ1n) is 8.00. The van der Waals surface area contributed by atoms with E-state index in [2.05, 4.69) is 31.0 Å². The largest absolute Gasteiger partial charge is 0.368 e. The van der Waals surface area contributed by atoms with Crippen LogP contribution in [0.25, 0.3) is 5.82 Å². The summed E-state index contributed by atoms with van der Waals surface area (Å²) in [6.07, 6.45) is 3.25. The highest BCUT2D eigenvalue weighted by Gasteiger charge is 2.06. The maximum Gasteiger partial charge on any atom is 0.319 e. The van der Waals surface area contributed by atoms with Crippen molar-refractivity contribution < 1.29 is 9.18 Å². The van der Waals surface area contributed by atoms with Gasteiger partial charge in [0.2, 0.25) is 0 Å². The molecule has 2 aromatic heterocycles. The second-order valence-electron chi connectivity index (χ2n) is 5.45. The van der Waals surface area contributed by atoms with Crippen LogP contribution in [0.2, 0.25) is 0 Å². The van der Waals surface area contributed by atoms with Crippen LogP contribution in [0.1, 0.15) is 5.69 Å². The summed E-state index contributed by atoms with van der Waals surface area (Å²) in [7, 11) is 0. The number of hydrogen-bond acceptors (Lipinski definition) is 5. The topological polar surface area (TPSA) is 96.8 Å².